The van der Waals surface area contributed by atoms with Crippen molar-refractivity contribution < 1.29 is 0 Å². The molecule has 0 fully saturated rings. The van der Waals surface area contributed by atoms with Gasteiger partial charge in [-0.3, -0.25) is 0 Å². The number of benzene rings is 1. The molecule has 1 aliphatic heterocycles. The number of allylic oxidation sites excluding steroid dienone is 3. The molecule has 0 bridgehead atoms. The number of anilines is 1. The van der Waals surface area contributed by atoms with Crippen LogP contribution < -0.4 is 16.0 Å². The van der Waals surface area contributed by atoms with Gasteiger partial charge in [-0.1, -0.05) is 30.5 Å². The molecule has 1 unspecified atom stereocenters. The minimum absolute atomic E-state index is 0.160. The summed E-state index contributed by atoms with van der Waals surface area (Å²) in [6, 6.07) is 6.47. The summed E-state index contributed by atoms with van der Waals surface area (Å²) >= 11 is 1.80. The van der Waals surface area contributed by atoms with Crippen molar-refractivity contribution in [3.05, 3.63) is 59.2 Å². The minimum Gasteiger partial charge on any atom is -0.385 e. The van der Waals surface area contributed by atoms with E-state index in [4.69, 9.17) is 0 Å². The number of hydrogen-bond acceptors (Lipinski definition) is 4. The normalized spacial score (nSPS) is 16.7. The standard InChI is InChI=1S/C20H29N3S/c1-6-7-8-9-12-21-18-11-10-14(2)19(13-18)16(4)23-20-22-15(3)17(5)24-20/h6,10-11,13,20-23H,1,4,7-9,12H2,2-3,5H3. The predicted molar refractivity (Wildman–Crippen MR) is 109 cm³/mol. The third-order valence-corrected chi connectivity index (χ3v) is 5.33. The number of hydrogen-bond donors (Lipinski definition) is 3. The molecule has 1 aliphatic rings. The molecule has 0 aliphatic carbocycles. The Labute approximate surface area is 150 Å². The number of rotatable bonds is 9. The number of thioether (sulfide) groups is 1. The van der Waals surface area contributed by atoms with E-state index in [-0.39, 0.29) is 5.50 Å². The van der Waals surface area contributed by atoms with Crippen molar-refractivity contribution in [1.29, 1.82) is 0 Å². The minimum atomic E-state index is 0.160. The monoisotopic (exact) mass is 343 g/mol. The van der Waals surface area contributed by atoms with Crippen LogP contribution in [0.4, 0.5) is 5.69 Å². The molecule has 0 saturated carbocycles. The second kappa shape index (κ2) is 8.88. The van der Waals surface area contributed by atoms with E-state index >= 15 is 0 Å². The lowest BCUT2D eigenvalue weighted by molar-refractivity contribution is 0.708. The van der Waals surface area contributed by atoms with Crippen molar-refractivity contribution in [3.8, 4) is 0 Å². The van der Waals surface area contributed by atoms with Gasteiger partial charge in [-0.15, -0.1) is 6.58 Å². The second-order valence-electron chi connectivity index (χ2n) is 6.19. The Bertz CT molecular complexity index is 620. The summed E-state index contributed by atoms with van der Waals surface area (Å²) in [5, 5.41) is 10.4. The van der Waals surface area contributed by atoms with Crippen LogP contribution in [0.15, 0.2) is 48.0 Å². The fourth-order valence-corrected chi connectivity index (χ4v) is 3.62. The van der Waals surface area contributed by atoms with Crippen LogP contribution >= 0.6 is 11.8 Å². The molecule has 3 nitrogen and oxygen atoms in total. The number of aryl methyl sites for hydroxylation is 1. The van der Waals surface area contributed by atoms with Crippen LogP contribution in [-0.2, 0) is 0 Å². The van der Waals surface area contributed by atoms with Crippen LogP contribution in [0.25, 0.3) is 5.70 Å². The maximum atomic E-state index is 4.24. The molecule has 1 aromatic rings. The van der Waals surface area contributed by atoms with Gasteiger partial charge in [0.05, 0.1) is 0 Å². The molecule has 0 aromatic heterocycles. The van der Waals surface area contributed by atoms with Crippen LogP contribution in [0.1, 0.15) is 44.2 Å². The highest BCUT2D eigenvalue weighted by molar-refractivity contribution is 8.03. The molecule has 0 saturated heterocycles. The molecule has 1 aromatic carbocycles. The first-order valence-electron chi connectivity index (χ1n) is 8.53. The van der Waals surface area contributed by atoms with Crippen LogP contribution in [0.2, 0.25) is 0 Å². The molecular weight excluding hydrogens is 314 g/mol. The summed E-state index contributed by atoms with van der Waals surface area (Å²) in [5.41, 5.74) is 5.89. The predicted octanol–water partition coefficient (Wildman–Crippen LogP) is 5.19. The van der Waals surface area contributed by atoms with E-state index in [0.717, 1.165) is 36.3 Å². The van der Waals surface area contributed by atoms with E-state index in [1.165, 1.54) is 22.6 Å². The van der Waals surface area contributed by atoms with Gasteiger partial charge in [0.25, 0.3) is 0 Å². The zero-order valence-electron chi connectivity index (χ0n) is 15.0. The first-order chi connectivity index (χ1) is 11.5. The third kappa shape index (κ3) is 5.10. The van der Waals surface area contributed by atoms with Crippen LogP contribution in [0, 0.1) is 6.92 Å². The smallest absolute Gasteiger partial charge is 0.149 e. The Morgan fingerprint density at radius 3 is 2.75 bits per heavy atom. The van der Waals surface area contributed by atoms with E-state index < -0.39 is 0 Å². The molecule has 24 heavy (non-hydrogen) atoms. The lowest BCUT2D eigenvalue weighted by Crippen LogP contribution is -2.34. The van der Waals surface area contributed by atoms with Gasteiger partial charge < -0.3 is 16.0 Å². The van der Waals surface area contributed by atoms with Gasteiger partial charge in [-0.05, 0) is 57.7 Å². The van der Waals surface area contributed by atoms with Gasteiger partial charge in [-0.2, -0.15) is 0 Å². The first-order valence-corrected chi connectivity index (χ1v) is 9.41. The van der Waals surface area contributed by atoms with Crippen molar-refractivity contribution in [2.45, 2.75) is 45.5 Å². The highest BCUT2D eigenvalue weighted by Gasteiger charge is 2.19. The molecule has 1 heterocycles. The molecule has 2 rings (SSSR count). The Morgan fingerprint density at radius 2 is 2.08 bits per heavy atom. The van der Waals surface area contributed by atoms with Gasteiger partial charge in [0, 0.05) is 34.1 Å². The largest absolute Gasteiger partial charge is 0.385 e. The average molecular weight is 344 g/mol. The summed E-state index contributed by atoms with van der Waals surface area (Å²) in [7, 11) is 0. The molecule has 1 atom stereocenters. The average Bonchev–Trinajstić information content (AvgIpc) is 2.86. The van der Waals surface area contributed by atoms with Crippen molar-refractivity contribution in [2.24, 2.45) is 0 Å². The highest BCUT2D eigenvalue weighted by Crippen LogP contribution is 2.30. The Kier molecular flexibility index (Phi) is 6.85. The zero-order chi connectivity index (χ0) is 17.5. The lowest BCUT2D eigenvalue weighted by atomic mass is 10.1. The molecule has 3 N–H and O–H groups in total. The van der Waals surface area contributed by atoms with Crippen LogP contribution in [0.3, 0.4) is 0 Å². The SMILES string of the molecule is C=CCCCCNc1ccc(C)c(C(=C)NC2NC(C)=C(C)S2)c1. The fourth-order valence-electron chi connectivity index (χ4n) is 2.60. The van der Waals surface area contributed by atoms with Crippen molar-refractivity contribution in [1.82, 2.24) is 10.6 Å². The van der Waals surface area contributed by atoms with Gasteiger partial charge in [0.1, 0.15) is 5.50 Å². The highest BCUT2D eigenvalue weighted by atomic mass is 32.2. The molecular formula is C20H29N3S. The lowest BCUT2D eigenvalue weighted by Gasteiger charge is -2.19. The van der Waals surface area contributed by atoms with E-state index in [9.17, 15) is 0 Å². The fraction of sp³-hybridized carbons (Fsp3) is 0.400. The quantitative estimate of drug-likeness (QED) is 0.426. The van der Waals surface area contributed by atoms with Gasteiger partial charge in [-0.25, -0.2) is 0 Å². The van der Waals surface area contributed by atoms with E-state index in [1.54, 1.807) is 11.8 Å². The summed E-state index contributed by atoms with van der Waals surface area (Å²) in [6.07, 6.45) is 5.40. The van der Waals surface area contributed by atoms with E-state index in [1.807, 2.05) is 6.08 Å². The second-order valence-corrected chi connectivity index (χ2v) is 7.51. The van der Waals surface area contributed by atoms with Crippen molar-refractivity contribution >= 4 is 23.1 Å². The maximum absolute atomic E-state index is 4.24. The molecule has 130 valence electrons. The number of unbranched alkanes of at least 4 members (excludes halogenated alkanes) is 2. The summed E-state index contributed by atoms with van der Waals surface area (Å²) in [5.74, 6) is 0. The molecule has 0 radical (unpaired) electrons. The van der Waals surface area contributed by atoms with Gasteiger partial charge >= 0.3 is 0 Å². The Balaban J connectivity index is 1.92. The molecule has 0 amide bonds. The summed E-state index contributed by atoms with van der Waals surface area (Å²) in [4.78, 5) is 1.33. The Hall–Kier alpha value is -1.81. The summed E-state index contributed by atoms with van der Waals surface area (Å²) in [6.45, 7) is 15.4. The van der Waals surface area contributed by atoms with Crippen molar-refractivity contribution in [3.63, 3.8) is 0 Å². The van der Waals surface area contributed by atoms with Crippen LogP contribution in [0.5, 0.6) is 0 Å². The van der Waals surface area contributed by atoms with Crippen LogP contribution in [-0.4, -0.2) is 12.0 Å². The molecule has 0 spiro atoms. The van der Waals surface area contributed by atoms with Crippen molar-refractivity contribution in [2.75, 3.05) is 11.9 Å². The summed E-state index contributed by atoms with van der Waals surface area (Å²) < 4.78 is 0. The van der Waals surface area contributed by atoms with Gasteiger partial charge in [0.15, 0.2) is 0 Å². The Morgan fingerprint density at radius 1 is 1.29 bits per heavy atom. The van der Waals surface area contributed by atoms with E-state index in [2.05, 4.69) is 68.1 Å². The van der Waals surface area contributed by atoms with E-state index in [0.29, 0.717) is 0 Å². The topological polar surface area (TPSA) is 36.1 Å². The maximum Gasteiger partial charge on any atom is 0.149 e. The van der Waals surface area contributed by atoms with Gasteiger partial charge in [0.2, 0.25) is 0 Å². The number of nitrogens with one attached hydrogen (secondary N) is 3. The third-order valence-electron chi connectivity index (χ3n) is 4.20. The molecule has 4 heteroatoms. The zero-order valence-corrected chi connectivity index (χ0v) is 15.9. The first kappa shape index (κ1) is 18.5.